The minimum Gasteiger partial charge on any atom is -0.300 e. The molecule has 0 aromatic carbocycles. The summed E-state index contributed by atoms with van der Waals surface area (Å²) in [6.45, 7) is 8.24. The molecule has 2 rings (SSSR count). The summed E-state index contributed by atoms with van der Waals surface area (Å²) in [6.07, 6.45) is 3.56. The molecular weight excluding hydrogens is 255 g/mol. The fraction of sp³-hybridized carbons (Fsp3) is 0.625. The van der Waals surface area contributed by atoms with E-state index in [1.807, 2.05) is 6.92 Å². The van der Waals surface area contributed by atoms with Crippen LogP contribution in [0.1, 0.15) is 44.1 Å². The number of hydrogen-bond acceptors (Lipinski definition) is 3. The van der Waals surface area contributed by atoms with Gasteiger partial charge in [0, 0.05) is 18.5 Å². The lowest BCUT2D eigenvalue weighted by atomic mass is 9.90. The number of likely N-dealkylation sites (tertiary alicyclic amines) is 1. The van der Waals surface area contributed by atoms with Gasteiger partial charge in [-0.05, 0) is 44.4 Å². The van der Waals surface area contributed by atoms with Crippen molar-refractivity contribution in [1.29, 1.82) is 0 Å². The first kappa shape index (κ1) is 15.1. The lowest BCUT2D eigenvalue weighted by molar-refractivity contribution is 0.0753. The summed E-state index contributed by atoms with van der Waals surface area (Å²) < 4.78 is 12.8. The molecule has 4 heteroatoms. The summed E-state index contributed by atoms with van der Waals surface area (Å²) >= 11 is 0. The van der Waals surface area contributed by atoms with E-state index >= 15 is 0 Å². The molecule has 0 aliphatic carbocycles. The summed E-state index contributed by atoms with van der Waals surface area (Å²) in [6, 6.07) is 3.27. The second-order valence-corrected chi connectivity index (χ2v) is 5.98. The average molecular weight is 278 g/mol. The van der Waals surface area contributed by atoms with Gasteiger partial charge in [0.05, 0.1) is 6.20 Å². The molecule has 1 aliphatic rings. The molecule has 3 unspecified atom stereocenters. The highest BCUT2D eigenvalue weighted by atomic mass is 19.1. The molecule has 1 aromatic heterocycles. The zero-order chi connectivity index (χ0) is 14.7. The Balaban J connectivity index is 1.98. The maximum Gasteiger partial charge on any atom is 0.185 e. The molecule has 3 atom stereocenters. The van der Waals surface area contributed by atoms with Crippen LogP contribution in [0.4, 0.5) is 4.39 Å². The van der Waals surface area contributed by atoms with Gasteiger partial charge in [-0.3, -0.25) is 14.7 Å². The molecular formula is C16H23FN2O. The van der Waals surface area contributed by atoms with E-state index in [2.05, 4.69) is 23.7 Å². The highest BCUT2D eigenvalue weighted by Gasteiger charge is 2.28. The van der Waals surface area contributed by atoms with Crippen molar-refractivity contribution in [3.8, 4) is 0 Å². The molecule has 0 N–H and O–H groups in total. The monoisotopic (exact) mass is 278 g/mol. The minimum absolute atomic E-state index is 0.00423. The lowest BCUT2D eigenvalue weighted by Crippen LogP contribution is -2.45. The van der Waals surface area contributed by atoms with Gasteiger partial charge in [0.15, 0.2) is 5.78 Å². The summed E-state index contributed by atoms with van der Waals surface area (Å²) in [5, 5.41) is 0. The van der Waals surface area contributed by atoms with Crippen LogP contribution >= 0.6 is 0 Å². The highest BCUT2D eigenvalue weighted by molar-refractivity contribution is 5.95. The Morgan fingerprint density at radius 1 is 1.50 bits per heavy atom. The first-order valence-electron chi connectivity index (χ1n) is 7.39. The number of nitrogens with zero attached hydrogens (tertiary/aromatic N) is 2. The van der Waals surface area contributed by atoms with Crippen molar-refractivity contribution in [2.75, 3.05) is 13.1 Å². The number of ketones is 1. The Morgan fingerprint density at radius 2 is 2.25 bits per heavy atom. The molecule has 20 heavy (non-hydrogen) atoms. The van der Waals surface area contributed by atoms with Gasteiger partial charge < -0.3 is 0 Å². The average Bonchev–Trinajstić information content (AvgIpc) is 2.44. The number of pyridine rings is 1. The normalized spacial score (nSPS) is 25.4. The Labute approximate surface area is 120 Å². The van der Waals surface area contributed by atoms with Crippen molar-refractivity contribution in [2.45, 2.75) is 39.7 Å². The van der Waals surface area contributed by atoms with Crippen molar-refractivity contribution in [3.05, 3.63) is 29.8 Å². The van der Waals surface area contributed by atoms with E-state index < -0.39 is 5.82 Å². The molecule has 1 aliphatic heterocycles. The Hall–Kier alpha value is -1.29. The van der Waals surface area contributed by atoms with E-state index in [1.54, 1.807) is 0 Å². The van der Waals surface area contributed by atoms with Gasteiger partial charge in [-0.25, -0.2) is 4.39 Å². The predicted octanol–water partition coefficient (Wildman–Crippen LogP) is 3.16. The highest BCUT2D eigenvalue weighted by Crippen LogP contribution is 2.24. The number of carbonyl (C=O) groups is 1. The Kier molecular flexibility index (Phi) is 4.86. The van der Waals surface area contributed by atoms with E-state index in [-0.39, 0.29) is 11.7 Å². The van der Waals surface area contributed by atoms with Crippen LogP contribution in [0.3, 0.4) is 0 Å². The van der Waals surface area contributed by atoms with E-state index in [4.69, 9.17) is 0 Å². The molecule has 1 aromatic rings. The van der Waals surface area contributed by atoms with Gasteiger partial charge in [0.1, 0.15) is 11.5 Å². The lowest BCUT2D eigenvalue weighted by Gasteiger charge is -2.39. The van der Waals surface area contributed by atoms with Crippen LogP contribution in [-0.4, -0.2) is 34.8 Å². The summed E-state index contributed by atoms with van der Waals surface area (Å²) in [5.41, 5.74) is 0.358. The predicted molar refractivity (Wildman–Crippen MR) is 77.1 cm³/mol. The number of Topliss-reactive ketones (excluding diaryl/α,β-unsaturated/α-hetero) is 1. The van der Waals surface area contributed by atoms with Gasteiger partial charge in [-0.15, -0.1) is 0 Å². The maximum atomic E-state index is 12.8. The standard InChI is InChI=1S/C16H23FN2O/c1-11-5-4-8-19(13(11)3)10-12(2)16(20)15-7-6-14(17)9-18-15/h6-7,9,11-13H,4-5,8,10H2,1-3H3. The van der Waals surface area contributed by atoms with E-state index in [1.165, 1.54) is 25.0 Å². The van der Waals surface area contributed by atoms with Crippen molar-refractivity contribution in [2.24, 2.45) is 11.8 Å². The Morgan fingerprint density at radius 3 is 2.90 bits per heavy atom. The van der Waals surface area contributed by atoms with Crippen molar-refractivity contribution < 1.29 is 9.18 Å². The molecule has 3 nitrogen and oxygen atoms in total. The number of carbonyl (C=O) groups excluding carboxylic acids is 1. The van der Waals surface area contributed by atoms with Crippen LogP contribution in [0.2, 0.25) is 0 Å². The Bertz CT molecular complexity index is 460. The molecule has 0 saturated carbocycles. The van der Waals surface area contributed by atoms with E-state index in [0.717, 1.165) is 19.3 Å². The van der Waals surface area contributed by atoms with Crippen LogP contribution in [0, 0.1) is 17.7 Å². The number of aromatic nitrogens is 1. The second kappa shape index (κ2) is 6.44. The van der Waals surface area contributed by atoms with E-state index in [0.29, 0.717) is 17.7 Å². The number of piperidine rings is 1. The maximum absolute atomic E-state index is 12.8. The number of hydrogen-bond donors (Lipinski definition) is 0. The van der Waals surface area contributed by atoms with Crippen molar-refractivity contribution in [3.63, 3.8) is 0 Å². The third kappa shape index (κ3) is 3.42. The van der Waals surface area contributed by atoms with Gasteiger partial charge in [-0.2, -0.15) is 0 Å². The number of halogens is 1. The molecule has 0 radical (unpaired) electrons. The fourth-order valence-corrected chi connectivity index (χ4v) is 2.89. The third-order valence-corrected chi connectivity index (χ3v) is 4.44. The van der Waals surface area contributed by atoms with Gasteiger partial charge in [-0.1, -0.05) is 13.8 Å². The van der Waals surface area contributed by atoms with Crippen LogP contribution in [0.25, 0.3) is 0 Å². The summed E-state index contributed by atoms with van der Waals surface area (Å²) in [4.78, 5) is 18.6. The summed E-state index contributed by atoms with van der Waals surface area (Å²) in [7, 11) is 0. The molecule has 1 fully saturated rings. The zero-order valence-corrected chi connectivity index (χ0v) is 12.5. The molecule has 1 saturated heterocycles. The van der Waals surface area contributed by atoms with Crippen LogP contribution in [-0.2, 0) is 0 Å². The SMILES string of the molecule is CC(CN1CCCC(C)C1C)C(=O)c1ccc(F)cn1. The summed E-state index contributed by atoms with van der Waals surface area (Å²) in [5.74, 6) is 0.152. The largest absolute Gasteiger partial charge is 0.300 e. The van der Waals surface area contributed by atoms with Gasteiger partial charge in [0.25, 0.3) is 0 Å². The molecule has 0 amide bonds. The minimum atomic E-state index is -0.410. The van der Waals surface area contributed by atoms with Crippen LogP contribution in [0.15, 0.2) is 18.3 Å². The molecule has 2 heterocycles. The number of rotatable bonds is 4. The zero-order valence-electron chi connectivity index (χ0n) is 12.5. The van der Waals surface area contributed by atoms with Gasteiger partial charge in [0.2, 0.25) is 0 Å². The van der Waals surface area contributed by atoms with Crippen LogP contribution in [0.5, 0.6) is 0 Å². The quantitative estimate of drug-likeness (QED) is 0.793. The molecule has 0 spiro atoms. The van der Waals surface area contributed by atoms with Crippen molar-refractivity contribution in [1.82, 2.24) is 9.88 Å². The smallest absolute Gasteiger partial charge is 0.185 e. The van der Waals surface area contributed by atoms with E-state index in [9.17, 15) is 9.18 Å². The molecule has 110 valence electrons. The topological polar surface area (TPSA) is 33.2 Å². The first-order valence-corrected chi connectivity index (χ1v) is 7.39. The molecule has 0 bridgehead atoms. The third-order valence-electron chi connectivity index (χ3n) is 4.44. The van der Waals surface area contributed by atoms with Gasteiger partial charge >= 0.3 is 0 Å². The van der Waals surface area contributed by atoms with Crippen molar-refractivity contribution >= 4 is 5.78 Å². The van der Waals surface area contributed by atoms with Crippen LogP contribution < -0.4 is 0 Å². The second-order valence-electron chi connectivity index (χ2n) is 5.98. The fourth-order valence-electron chi connectivity index (χ4n) is 2.89. The first-order chi connectivity index (χ1) is 9.49.